The van der Waals surface area contributed by atoms with Crippen molar-refractivity contribution in [3.8, 4) is 0 Å². The lowest BCUT2D eigenvalue weighted by Gasteiger charge is -2.51. The predicted molar refractivity (Wildman–Crippen MR) is 123 cm³/mol. The van der Waals surface area contributed by atoms with Crippen molar-refractivity contribution in [1.82, 2.24) is 0 Å². The Morgan fingerprint density at radius 3 is 2.29 bits per heavy atom. The van der Waals surface area contributed by atoms with Gasteiger partial charge >= 0.3 is 0 Å². The van der Waals surface area contributed by atoms with E-state index in [-0.39, 0.29) is 5.41 Å². The van der Waals surface area contributed by atoms with Gasteiger partial charge in [0.2, 0.25) is 0 Å². The maximum atomic E-state index is 4.15. The summed E-state index contributed by atoms with van der Waals surface area (Å²) in [6, 6.07) is 19.3. The number of nitrogens with zero attached hydrogens (tertiary/aromatic N) is 1. The van der Waals surface area contributed by atoms with E-state index in [1.807, 2.05) is 30.4 Å². The van der Waals surface area contributed by atoms with Crippen LogP contribution in [0.4, 0.5) is 11.4 Å². The number of anilines is 2. The second-order valence-electron chi connectivity index (χ2n) is 7.89. The minimum Gasteiger partial charge on any atom is -0.354 e. The first-order chi connectivity index (χ1) is 13.5. The fourth-order valence-electron chi connectivity index (χ4n) is 4.48. The zero-order valence-electron chi connectivity index (χ0n) is 17.6. The van der Waals surface area contributed by atoms with E-state index in [0.717, 1.165) is 23.5 Å². The fourth-order valence-corrected chi connectivity index (χ4v) is 4.48. The van der Waals surface area contributed by atoms with Crippen LogP contribution in [0.2, 0.25) is 0 Å². The van der Waals surface area contributed by atoms with E-state index >= 15 is 0 Å². The third kappa shape index (κ3) is 3.28. The Labute approximate surface area is 170 Å². The molecule has 2 nitrogen and oxygen atoms in total. The maximum Gasteiger partial charge on any atom is 0.0646 e. The molecule has 1 N–H and O–H groups in total. The first-order valence-corrected chi connectivity index (χ1v) is 10.2. The lowest BCUT2D eigenvalue weighted by atomic mass is 9.64. The predicted octanol–water partition coefficient (Wildman–Crippen LogP) is 6.89. The second-order valence-corrected chi connectivity index (χ2v) is 7.89. The Hall–Kier alpha value is -2.74. The van der Waals surface area contributed by atoms with Gasteiger partial charge in [0.05, 0.1) is 11.4 Å². The Kier molecular flexibility index (Phi) is 5.79. The normalized spacial score (nSPS) is 24.8. The number of para-hydroxylation sites is 2. The molecule has 1 heterocycles. The SMILES string of the molecule is C=C/C(Nc1ccccc1)=C(\C=C)N1c2ccccc2C(C)(CC)C(C)C1C. The van der Waals surface area contributed by atoms with Crippen molar-refractivity contribution in [3.63, 3.8) is 0 Å². The van der Waals surface area contributed by atoms with Gasteiger partial charge < -0.3 is 10.2 Å². The Balaban J connectivity index is 2.17. The van der Waals surface area contributed by atoms with Gasteiger partial charge in [-0.2, -0.15) is 0 Å². The number of allylic oxidation sites excluding steroid dienone is 2. The van der Waals surface area contributed by atoms with Crippen molar-refractivity contribution in [3.05, 3.63) is 96.9 Å². The lowest BCUT2D eigenvalue weighted by molar-refractivity contribution is 0.249. The van der Waals surface area contributed by atoms with Gasteiger partial charge in [-0.1, -0.05) is 70.3 Å². The van der Waals surface area contributed by atoms with Crippen LogP contribution in [0, 0.1) is 5.92 Å². The van der Waals surface area contributed by atoms with E-state index in [2.05, 4.69) is 87.5 Å². The van der Waals surface area contributed by atoms with Crippen LogP contribution in [0.1, 0.15) is 39.7 Å². The molecular weight excluding hydrogens is 340 g/mol. The van der Waals surface area contributed by atoms with Crippen LogP contribution < -0.4 is 10.2 Å². The van der Waals surface area contributed by atoms with E-state index in [0.29, 0.717) is 12.0 Å². The number of hydrogen-bond acceptors (Lipinski definition) is 2. The smallest absolute Gasteiger partial charge is 0.0646 e. The average molecular weight is 373 g/mol. The summed E-state index contributed by atoms with van der Waals surface area (Å²) in [6.07, 6.45) is 4.95. The van der Waals surface area contributed by atoms with E-state index in [4.69, 9.17) is 0 Å². The average Bonchev–Trinajstić information content (AvgIpc) is 2.74. The standard InChI is InChI=1S/C26H32N2/c1-7-23(27-21-15-11-10-12-16-21)24(8-2)28-20(5)19(4)26(6,9-3)22-17-13-14-18-25(22)28/h7-8,10-20,27H,1-2,9H2,3-6H3/b24-23-. The molecule has 2 aromatic rings. The fraction of sp³-hybridized carbons (Fsp3) is 0.308. The lowest BCUT2D eigenvalue weighted by Crippen LogP contribution is -2.50. The highest BCUT2D eigenvalue weighted by Gasteiger charge is 2.44. The molecule has 0 aromatic heterocycles. The molecule has 28 heavy (non-hydrogen) atoms. The summed E-state index contributed by atoms with van der Waals surface area (Å²) in [4.78, 5) is 2.43. The third-order valence-corrected chi connectivity index (χ3v) is 6.63. The van der Waals surface area contributed by atoms with Gasteiger partial charge in [0, 0.05) is 17.4 Å². The summed E-state index contributed by atoms with van der Waals surface area (Å²) in [5.74, 6) is 0.491. The van der Waals surface area contributed by atoms with Crippen LogP contribution in [0.3, 0.4) is 0 Å². The summed E-state index contributed by atoms with van der Waals surface area (Å²) >= 11 is 0. The van der Waals surface area contributed by atoms with Crippen molar-refractivity contribution in [2.24, 2.45) is 5.92 Å². The molecule has 0 bridgehead atoms. The molecule has 3 unspecified atom stereocenters. The van der Waals surface area contributed by atoms with E-state index in [1.54, 1.807) is 0 Å². The molecule has 0 fully saturated rings. The summed E-state index contributed by atoms with van der Waals surface area (Å²) in [5, 5.41) is 3.53. The van der Waals surface area contributed by atoms with Crippen molar-refractivity contribution in [2.45, 2.75) is 45.6 Å². The molecule has 3 rings (SSSR count). The highest BCUT2D eigenvalue weighted by molar-refractivity contribution is 5.68. The number of nitrogens with one attached hydrogen (secondary N) is 1. The van der Waals surface area contributed by atoms with Crippen LogP contribution in [0.5, 0.6) is 0 Å². The minimum absolute atomic E-state index is 0.153. The largest absolute Gasteiger partial charge is 0.354 e. The molecule has 1 aliphatic rings. The van der Waals surface area contributed by atoms with Crippen LogP contribution >= 0.6 is 0 Å². The molecule has 0 spiro atoms. The summed E-state index contributed by atoms with van der Waals surface area (Å²) in [6.45, 7) is 17.6. The Bertz CT molecular complexity index is 880. The molecule has 1 aliphatic heterocycles. The van der Waals surface area contributed by atoms with Gasteiger partial charge in [0.25, 0.3) is 0 Å². The van der Waals surface area contributed by atoms with Gasteiger partial charge in [-0.3, -0.25) is 0 Å². The van der Waals surface area contributed by atoms with Crippen LogP contribution in [0.25, 0.3) is 0 Å². The topological polar surface area (TPSA) is 15.3 Å². The highest BCUT2D eigenvalue weighted by atomic mass is 15.2. The molecule has 0 saturated heterocycles. The van der Waals surface area contributed by atoms with Gasteiger partial charge in [-0.05, 0) is 60.6 Å². The Morgan fingerprint density at radius 1 is 1.04 bits per heavy atom. The minimum atomic E-state index is 0.153. The van der Waals surface area contributed by atoms with E-state index in [9.17, 15) is 0 Å². The van der Waals surface area contributed by atoms with Gasteiger partial charge in [0.1, 0.15) is 0 Å². The van der Waals surface area contributed by atoms with Crippen LogP contribution in [-0.2, 0) is 5.41 Å². The first kappa shape index (κ1) is 20.0. The van der Waals surface area contributed by atoms with Crippen molar-refractivity contribution < 1.29 is 0 Å². The molecule has 0 saturated carbocycles. The molecular formula is C26H32N2. The van der Waals surface area contributed by atoms with Crippen molar-refractivity contribution in [2.75, 3.05) is 10.2 Å². The molecule has 2 heteroatoms. The van der Waals surface area contributed by atoms with Gasteiger partial charge in [0.15, 0.2) is 0 Å². The third-order valence-electron chi connectivity index (χ3n) is 6.63. The van der Waals surface area contributed by atoms with Crippen LogP contribution in [0.15, 0.2) is 91.3 Å². The van der Waals surface area contributed by atoms with E-state index in [1.165, 1.54) is 11.3 Å². The molecule has 146 valence electrons. The summed E-state index contributed by atoms with van der Waals surface area (Å²) in [5.41, 5.74) is 5.90. The van der Waals surface area contributed by atoms with Crippen molar-refractivity contribution >= 4 is 11.4 Å². The number of rotatable bonds is 6. The Morgan fingerprint density at radius 2 is 1.68 bits per heavy atom. The quantitative estimate of drug-likeness (QED) is 0.555. The maximum absolute atomic E-state index is 4.15. The van der Waals surface area contributed by atoms with E-state index < -0.39 is 0 Å². The summed E-state index contributed by atoms with van der Waals surface area (Å²) < 4.78 is 0. The molecule has 0 radical (unpaired) electrons. The number of benzene rings is 2. The molecule has 2 aromatic carbocycles. The number of fused-ring (bicyclic) bond motifs is 1. The van der Waals surface area contributed by atoms with Gasteiger partial charge in [-0.25, -0.2) is 0 Å². The summed E-state index contributed by atoms with van der Waals surface area (Å²) in [7, 11) is 0. The van der Waals surface area contributed by atoms with Gasteiger partial charge in [-0.15, -0.1) is 0 Å². The molecule has 0 aliphatic carbocycles. The number of hydrogen-bond donors (Lipinski definition) is 1. The first-order valence-electron chi connectivity index (χ1n) is 10.2. The highest BCUT2D eigenvalue weighted by Crippen LogP contribution is 2.49. The second kappa shape index (κ2) is 8.10. The zero-order chi connectivity index (χ0) is 20.3. The molecule has 3 atom stereocenters. The molecule has 0 amide bonds. The zero-order valence-corrected chi connectivity index (χ0v) is 17.6. The van der Waals surface area contributed by atoms with Crippen molar-refractivity contribution in [1.29, 1.82) is 0 Å². The van der Waals surface area contributed by atoms with Crippen LogP contribution in [-0.4, -0.2) is 6.04 Å². The monoisotopic (exact) mass is 372 g/mol.